The molecule has 1 saturated heterocycles. The van der Waals surface area contributed by atoms with Gasteiger partial charge in [-0.25, -0.2) is 0 Å². The van der Waals surface area contributed by atoms with Crippen LogP contribution in [-0.4, -0.2) is 79.3 Å². The molecule has 22 heavy (non-hydrogen) atoms. The van der Waals surface area contributed by atoms with Crippen LogP contribution >= 0.6 is 0 Å². The van der Waals surface area contributed by atoms with E-state index in [9.17, 15) is 5.11 Å². The Kier molecular flexibility index (Phi) is 6.38. The van der Waals surface area contributed by atoms with Crippen LogP contribution in [-0.2, 0) is 6.54 Å². The Bertz CT molecular complexity index is 449. The number of aliphatic hydroxyl groups is 1. The second-order valence-corrected chi connectivity index (χ2v) is 6.82. The first-order chi connectivity index (χ1) is 10.5. The summed E-state index contributed by atoms with van der Waals surface area (Å²) in [5, 5.41) is 10.4. The van der Waals surface area contributed by atoms with E-state index >= 15 is 0 Å². The smallest absolute Gasteiger partial charge is 0.0793 e. The predicted octanol–water partition coefficient (Wildman–Crippen LogP) is 1.34. The molecule has 1 N–H and O–H groups in total. The second kappa shape index (κ2) is 8.06. The molecule has 1 aromatic rings. The monoisotopic (exact) mass is 305 g/mol. The third-order valence-electron chi connectivity index (χ3n) is 4.66. The van der Waals surface area contributed by atoms with E-state index in [2.05, 4.69) is 60.8 Å². The SMILES string of the molecule is Cc1cccc(C)c1CN(C)CC(O)CN1CCN(C)CC1. The van der Waals surface area contributed by atoms with Crippen molar-refractivity contribution in [2.24, 2.45) is 0 Å². The van der Waals surface area contributed by atoms with Gasteiger partial charge in [0.2, 0.25) is 0 Å². The van der Waals surface area contributed by atoms with Crippen LogP contribution in [0.1, 0.15) is 16.7 Å². The van der Waals surface area contributed by atoms with E-state index < -0.39 is 0 Å². The van der Waals surface area contributed by atoms with Crippen molar-refractivity contribution in [3.05, 3.63) is 34.9 Å². The molecule has 0 radical (unpaired) electrons. The van der Waals surface area contributed by atoms with Gasteiger partial charge in [-0.3, -0.25) is 9.80 Å². The van der Waals surface area contributed by atoms with Crippen LogP contribution in [0.15, 0.2) is 18.2 Å². The molecule has 4 nitrogen and oxygen atoms in total. The lowest BCUT2D eigenvalue weighted by molar-refractivity contribution is 0.0593. The fourth-order valence-electron chi connectivity index (χ4n) is 3.18. The fourth-order valence-corrected chi connectivity index (χ4v) is 3.18. The van der Waals surface area contributed by atoms with Crippen molar-refractivity contribution in [2.45, 2.75) is 26.5 Å². The fraction of sp³-hybridized carbons (Fsp3) is 0.667. The molecule has 0 amide bonds. The summed E-state index contributed by atoms with van der Waals surface area (Å²) in [6, 6.07) is 6.43. The Labute approximate surface area is 135 Å². The van der Waals surface area contributed by atoms with Crippen LogP contribution in [0.3, 0.4) is 0 Å². The molecular formula is C18H31N3O. The van der Waals surface area contributed by atoms with Gasteiger partial charge in [0, 0.05) is 45.8 Å². The maximum absolute atomic E-state index is 10.4. The van der Waals surface area contributed by atoms with E-state index in [0.29, 0.717) is 0 Å². The summed E-state index contributed by atoms with van der Waals surface area (Å²) in [6.07, 6.45) is -0.280. The number of rotatable bonds is 6. The average molecular weight is 305 g/mol. The lowest BCUT2D eigenvalue weighted by Crippen LogP contribution is -2.48. The Morgan fingerprint density at radius 3 is 2.32 bits per heavy atom. The molecule has 2 rings (SSSR count). The number of β-amino-alcohol motifs (C(OH)–C–C–N with tert-alkyl or cyclic N) is 1. The van der Waals surface area contributed by atoms with Gasteiger partial charge in [0.25, 0.3) is 0 Å². The third kappa shape index (κ3) is 5.06. The number of aryl methyl sites for hydroxylation is 2. The zero-order chi connectivity index (χ0) is 16.1. The summed E-state index contributed by atoms with van der Waals surface area (Å²) in [7, 11) is 4.26. The maximum atomic E-state index is 10.4. The molecular weight excluding hydrogens is 274 g/mol. The van der Waals surface area contributed by atoms with Crippen LogP contribution in [0.4, 0.5) is 0 Å². The number of hydrogen-bond acceptors (Lipinski definition) is 4. The van der Waals surface area contributed by atoms with E-state index in [1.165, 1.54) is 16.7 Å². The van der Waals surface area contributed by atoms with E-state index in [-0.39, 0.29) is 6.10 Å². The topological polar surface area (TPSA) is 30.0 Å². The standard InChI is InChI=1S/C18H31N3O/c1-15-6-5-7-16(2)18(15)14-20(4)12-17(22)13-21-10-8-19(3)9-11-21/h5-7,17,22H,8-14H2,1-4H3. The summed E-state index contributed by atoms with van der Waals surface area (Å²) in [4.78, 5) is 6.95. The Hall–Kier alpha value is -0.940. The summed E-state index contributed by atoms with van der Waals surface area (Å²) < 4.78 is 0. The Morgan fingerprint density at radius 1 is 1.14 bits per heavy atom. The minimum atomic E-state index is -0.280. The van der Waals surface area contributed by atoms with Crippen LogP contribution in [0.5, 0.6) is 0 Å². The quantitative estimate of drug-likeness (QED) is 0.859. The molecule has 1 aromatic carbocycles. The molecule has 1 aliphatic heterocycles. The minimum absolute atomic E-state index is 0.280. The largest absolute Gasteiger partial charge is 0.390 e. The first-order valence-electron chi connectivity index (χ1n) is 8.28. The van der Waals surface area contributed by atoms with E-state index in [4.69, 9.17) is 0 Å². The van der Waals surface area contributed by atoms with Crippen molar-refractivity contribution in [2.75, 3.05) is 53.4 Å². The van der Waals surface area contributed by atoms with Crippen molar-refractivity contribution >= 4 is 0 Å². The first kappa shape index (κ1) is 17.4. The molecule has 0 spiro atoms. The number of likely N-dealkylation sites (N-methyl/N-ethyl adjacent to an activating group) is 2. The molecule has 0 aliphatic carbocycles. The van der Waals surface area contributed by atoms with Gasteiger partial charge in [-0.1, -0.05) is 18.2 Å². The first-order valence-corrected chi connectivity index (χ1v) is 8.28. The highest BCUT2D eigenvalue weighted by Crippen LogP contribution is 2.15. The highest BCUT2D eigenvalue weighted by Gasteiger charge is 2.18. The van der Waals surface area contributed by atoms with Gasteiger partial charge >= 0.3 is 0 Å². The zero-order valence-electron chi connectivity index (χ0n) is 14.5. The van der Waals surface area contributed by atoms with Crippen molar-refractivity contribution in [1.29, 1.82) is 0 Å². The molecule has 1 heterocycles. The van der Waals surface area contributed by atoms with Gasteiger partial charge in [-0.15, -0.1) is 0 Å². The van der Waals surface area contributed by atoms with E-state index in [1.807, 2.05) is 0 Å². The number of nitrogens with zero attached hydrogens (tertiary/aromatic N) is 3. The molecule has 1 aliphatic rings. The van der Waals surface area contributed by atoms with Crippen molar-refractivity contribution in [1.82, 2.24) is 14.7 Å². The van der Waals surface area contributed by atoms with E-state index in [0.717, 1.165) is 45.8 Å². The van der Waals surface area contributed by atoms with Gasteiger partial charge in [0.1, 0.15) is 0 Å². The van der Waals surface area contributed by atoms with Crippen LogP contribution in [0, 0.1) is 13.8 Å². The molecule has 0 saturated carbocycles. The van der Waals surface area contributed by atoms with Crippen molar-refractivity contribution in [3.8, 4) is 0 Å². The summed E-state index contributed by atoms with van der Waals surface area (Å²) >= 11 is 0. The predicted molar refractivity (Wildman–Crippen MR) is 92.2 cm³/mol. The second-order valence-electron chi connectivity index (χ2n) is 6.82. The number of aliphatic hydroxyl groups excluding tert-OH is 1. The molecule has 0 aromatic heterocycles. The van der Waals surface area contributed by atoms with Crippen LogP contribution in [0.25, 0.3) is 0 Å². The van der Waals surface area contributed by atoms with E-state index in [1.54, 1.807) is 0 Å². The number of benzene rings is 1. The van der Waals surface area contributed by atoms with Crippen LogP contribution < -0.4 is 0 Å². The highest BCUT2D eigenvalue weighted by atomic mass is 16.3. The maximum Gasteiger partial charge on any atom is 0.0793 e. The third-order valence-corrected chi connectivity index (χ3v) is 4.66. The molecule has 1 atom stereocenters. The van der Waals surface area contributed by atoms with Gasteiger partial charge in [-0.2, -0.15) is 0 Å². The minimum Gasteiger partial charge on any atom is -0.390 e. The van der Waals surface area contributed by atoms with Gasteiger partial charge < -0.3 is 10.0 Å². The summed E-state index contributed by atoms with van der Waals surface area (Å²) in [6.45, 7) is 11.1. The normalized spacial score (nSPS) is 18.8. The summed E-state index contributed by atoms with van der Waals surface area (Å²) in [5.74, 6) is 0. The van der Waals surface area contributed by atoms with Crippen molar-refractivity contribution < 1.29 is 5.11 Å². The summed E-state index contributed by atoms with van der Waals surface area (Å²) in [5.41, 5.74) is 4.05. The molecule has 124 valence electrons. The number of piperazine rings is 1. The van der Waals surface area contributed by atoms with Crippen molar-refractivity contribution in [3.63, 3.8) is 0 Å². The molecule has 1 unspecified atom stereocenters. The lowest BCUT2D eigenvalue weighted by Gasteiger charge is -2.34. The zero-order valence-corrected chi connectivity index (χ0v) is 14.5. The van der Waals surface area contributed by atoms with Gasteiger partial charge in [0.15, 0.2) is 0 Å². The Morgan fingerprint density at radius 2 is 1.73 bits per heavy atom. The van der Waals surface area contributed by atoms with Crippen LogP contribution in [0.2, 0.25) is 0 Å². The van der Waals surface area contributed by atoms with Gasteiger partial charge in [0.05, 0.1) is 6.10 Å². The highest BCUT2D eigenvalue weighted by molar-refractivity contribution is 5.33. The molecule has 1 fully saturated rings. The number of hydrogen-bond donors (Lipinski definition) is 1. The average Bonchev–Trinajstić information content (AvgIpc) is 2.45. The molecule has 4 heteroatoms. The molecule has 0 bridgehead atoms. The Balaban J connectivity index is 1.80. The van der Waals surface area contributed by atoms with Gasteiger partial charge in [-0.05, 0) is 44.6 Å². The lowest BCUT2D eigenvalue weighted by atomic mass is 10.0.